The van der Waals surface area contributed by atoms with Crippen molar-refractivity contribution in [2.75, 3.05) is 5.32 Å². The first-order valence-corrected chi connectivity index (χ1v) is 6.80. The molecule has 0 heterocycles. The Morgan fingerprint density at radius 2 is 2.10 bits per heavy atom. The molecule has 1 aliphatic rings. The maximum Gasteiger partial charge on any atom is 0.328 e. The molecule has 1 aromatic carbocycles. The summed E-state index contributed by atoms with van der Waals surface area (Å²) in [7, 11) is 0. The molecule has 1 atom stereocenters. The smallest absolute Gasteiger partial charge is 0.328 e. The van der Waals surface area contributed by atoms with Crippen LogP contribution in [0.1, 0.15) is 30.9 Å². The number of carbonyl (C=O) groups excluding carboxylic acids is 1. The summed E-state index contributed by atoms with van der Waals surface area (Å²) in [6.45, 7) is 3.87. The molecule has 0 aliphatic heterocycles. The molecule has 0 saturated heterocycles. The maximum atomic E-state index is 12.1. The minimum Gasteiger partial charge on any atom is -0.478 e. The Labute approximate surface area is 118 Å². The van der Waals surface area contributed by atoms with Gasteiger partial charge in [-0.1, -0.05) is 19.1 Å². The van der Waals surface area contributed by atoms with Crippen molar-refractivity contribution in [3.05, 3.63) is 35.4 Å². The predicted octanol–water partition coefficient (Wildman–Crippen LogP) is 3.08. The van der Waals surface area contributed by atoms with E-state index in [0.29, 0.717) is 5.92 Å². The van der Waals surface area contributed by atoms with Crippen molar-refractivity contribution in [3.63, 3.8) is 0 Å². The number of benzene rings is 1. The zero-order valence-corrected chi connectivity index (χ0v) is 11.7. The first kappa shape index (κ1) is 14.3. The largest absolute Gasteiger partial charge is 0.478 e. The number of carboxylic acid groups (broad SMARTS) is 1. The van der Waals surface area contributed by atoms with Gasteiger partial charge >= 0.3 is 5.97 Å². The van der Waals surface area contributed by atoms with Crippen LogP contribution >= 0.6 is 0 Å². The van der Waals surface area contributed by atoms with Crippen molar-refractivity contribution in [3.8, 4) is 0 Å². The van der Waals surface area contributed by atoms with Crippen LogP contribution in [0.25, 0.3) is 6.08 Å². The van der Waals surface area contributed by atoms with Gasteiger partial charge in [-0.3, -0.25) is 4.79 Å². The highest BCUT2D eigenvalue weighted by Crippen LogP contribution is 2.37. The number of carboxylic acids is 1. The van der Waals surface area contributed by atoms with Crippen LogP contribution < -0.4 is 5.32 Å². The van der Waals surface area contributed by atoms with Crippen LogP contribution in [0.4, 0.5) is 5.69 Å². The van der Waals surface area contributed by atoms with E-state index in [1.54, 1.807) is 6.07 Å². The summed E-state index contributed by atoms with van der Waals surface area (Å²) in [5, 5.41) is 11.6. The maximum absolute atomic E-state index is 12.1. The van der Waals surface area contributed by atoms with Crippen LogP contribution in [0, 0.1) is 18.8 Å². The molecule has 106 valence electrons. The first-order chi connectivity index (χ1) is 9.47. The van der Waals surface area contributed by atoms with Crippen molar-refractivity contribution in [2.45, 2.75) is 26.7 Å². The van der Waals surface area contributed by atoms with E-state index in [4.69, 9.17) is 5.11 Å². The Hall–Kier alpha value is -2.10. The molecule has 4 heteroatoms. The Morgan fingerprint density at radius 3 is 2.70 bits per heavy atom. The summed E-state index contributed by atoms with van der Waals surface area (Å²) in [4.78, 5) is 22.6. The number of aliphatic carboxylic acids is 1. The van der Waals surface area contributed by atoms with Crippen molar-refractivity contribution in [1.29, 1.82) is 0 Å². The zero-order chi connectivity index (χ0) is 14.7. The fourth-order valence-corrected chi connectivity index (χ4v) is 2.10. The average Bonchev–Trinajstić information content (AvgIpc) is 3.23. The number of carbonyl (C=O) groups is 2. The van der Waals surface area contributed by atoms with Gasteiger partial charge in [0, 0.05) is 17.7 Å². The minimum atomic E-state index is -0.987. The highest BCUT2D eigenvalue weighted by Gasteiger charge is 2.32. The zero-order valence-electron chi connectivity index (χ0n) is 11.7. The second-order valence-corrected chi connectivity index (χ2v) is 5.36. The van der Waals surface area contributed by atoms with E-state index >= 15 is 0 Å². The van der Waals surface area contributed by atoms with E-state index < -0.39 is 5.97 Å². The van der Waals surface area contributed by atoms with Crippen LogP contribution in [0.5, 0.6) is 0 Å². The number of nitrogens with one attached hydrogen (secondary N) is 1. The van der Waals surface area contributed by atoms with E-state index in [-0.39, 0.29) is 11.8 Å². The number of hydrogen-bond donors (Lipinski definition) is 2. The molecular weight excluding hydrogens is 254 g/mol. The first-order valence-electron chi connectivity index (χ1n) is 6.80. The van der Waals surface area contributed by atoms with Crippen molar-refractivity contribution < 1.29 is 14.7 Å². The molecule has 1 aliphatic carbocycles. The Balaban J connectivity index is 2.11. The third-order valence-electron chi connectivity index (χ3n) is 3.68. The van der Waals surface area contributed by atoms with Crippen LogP contribution in [0.2, 0.25) is 0 Å². The number of hydrogen-bond acceptors (Lipinski definition) is 2. The lowest BCUT2D eigenvalue weighted by molar-refractivity contribution is -0.131. The molecular formula is C16H19NO3. The molecule has 1 saturated carbocycles. The number of aryl methyl sites for hydroxylation is 1. The van der Waals surface area contributed by atoms with Crippen LogP contribution in [-0.4, -0.2) is 17.0 Å². The summed E-state index contributed by atoms with van der Waals surface area (Å²) < 4.78 is 0. The van der Waals surface area contributed by atoms with Gasteiger partial charge < -0.3 is 10.4 Å². The molecule has 1 aromatic rings. The lowest BCUT2D eigenvalue weighted by atomic mass is 10.0. The molecule has 1 fully saturated rings. The van der Waals surface area contributed by atoms with Crippen molar-refractivity contribution in [2.24, 2.45) is 11.8 Å². The van der Waals surface area contributed by atoms with E-state index in [2.05, 4.69) is 5.32 Å². The molecule has 4 nitrogen and oxygen atoms in total. The van der Waals surface area contributed by atoms with Crippen molar-refractivity contribution >= 4 is 23.6 Å². The van der Waals surface area contributed by atoms with Gasteiger partial charge in [-0.05, 0) is 49.0 Å². The summed E-state index contributed by atoms with van der Waals surface area (Å²) in [6, 6.07) is 5.50. The second-order valence-electron chi connectivity index (χ2n) is 5.36. The molecule has 0 aromatic heterocycles. The van der Waals surface area contributed by atoms with Crippen LogP contribution in [0.3, 0.4) is 0 Å². The molecule has 0 spiro atoms. The quantitative estimate of drug-likeness (QED) is 0.810. The van der Waals surface area contributed by atoms with E-state index in [0.717, 1.165) is 35.7 Å². The SMILES string of the molecule is Cc1ccc(/C=C/C(=O)O)cc1NC(=O)C(C)C1CC1. The fraction of sp³-hybridized carbons (Fsp3) is 0.375. The van der Waals surface area contributed by atoms with Gasteiger partial charge in [0.2, 0.25) is 5.91 Å². The number of amides is 1. The van der Waals surface area contributed by atoms with Gasteiger partial charge in [-0.25, -0.2) is 4.79 Å². The van der Waals surface area contributed by atoms with E-state index in [9.17, 15) is 9.59 Å². The number of rotatable bonds is 5. The number of anilines is 1. The van der Waals surface area contributed by atoms with Gasteiger partial charge in [0.1, 0.15) is 0 Å². The summed E-state index contributed by atoms with van der Waals surface area (Å²) in [5.41, 5.74) is 2.47. The van der Waals surface area contributed by atoms with Crippen molar-refractivity contribution in [1.82, 2.24) is 0 Å². The third kappa shape index (κ3) is 3.70. The van der Waals surface area contributed by atoms with Gasteiger partial charge in [-0.15, -0.1) is 0 Å². The lowest BCUT2D eigenvalue weighted by Gasteiger charge is -2.13. The highest BCUT2D eigenvalue weighted by molar-refractivity contribution is 5.94. The highest BCUT2D eigenvalue weighted by atomic mass is 16.4. The molecule has 0 radical (unpaired) electrons. The fourth-order valence-electron chi connectivity index (χ4n) is 2.10. The molecule has 2 N–H and O–H groups in total. The predicted molar refractivity (Wildman–Crippen MR) is 78.4 cm³/mol. The summed E-state index contributed by atoms with van der Waals surface area (Å²) in [6.07, 6.45) is 4.87. The molecule has 1 unspecified atom stereocenters. The van der Waals surface area contributed by atoms with E-state index in [1.165, 1.54) is 6.08 Å². The third-order valence-corrected chi connectivity index (χ3v) is 3.68. The summed E-state index contributed by atoms with van der Waals surface area (Å²) in [5.74, 6) is -0.397. The van der Waals surface area contributed by atoms with Crippen LogP contribution in [-0.2, 0) is 9.59 Å². The average molecular weight is 273 g/mol. The van der Waals surface area contributed by atoms with Gasteiger partial charge in [0.15, 0.2) is 0 Å². The topological polar surface area (TPSA) is 66.4 Å². The van der Waals surface area contributed by atoms with Gasteiger partial charge in [0.25, 0.3) is 0 Å². The second kappa shape index (κ2) is 5.90. The lowest BCUT2D eigenvalue weighted by Crippen LogP contribution is -2.22. The monoisotopic (exact) mass is 273 g/mol. The molecule has 20 heavy (non-hydrogen) atoms. The van der Waals surface area contributed by atoms with Gasteiger partial charge in [-0.2, -0.15) is 0 Å². The molecule has 0 bridgehead atoms. The van der Waals surface area contributed by atoms with Gasteiger partial charge in [0.05, 0.1) is 0 Å². The van der Waals surface area contributed by atoms with E-state index in [1.807, 2.05) is 26.0 Å². The normalized spacial score (nSPS) is 16.1. The molecule has 1 amide bonds. The van der Waals surface area contributed by atoms with Crippen LogP contribution in [0.15, 0.2) is 24.3 Å². The Kier molecular flexibility index (Phi) is 4.23. The summed E-state index contributed by atoms with van der Waals surface area (Å²) >= 11 is 0. The molecule has 2 rings (SSSR count). The Bertz CT molecular complexity index is 559. The minimum absolute atomic E-state index is 0.0348. The Morgan fingerprint density at radius 1 is 1.40 bits per heavy atom. The standard InChI is InChI=1S/C16H19NO3/c1-10-3-4-12(5-8-15(18)19)9-14(10)17-16(20)11(2)13-6-7-13/h3-5,8-9,11,13H,6-7H2,1-2H3,(H,17,20)(H,18,19)/b8-5+.